The number of hydrogen-bond donors (Lipinski definition) is 1. The first-order chi connectivity index (χ1) is 8.99. The topological polar surface area (TPSA) is 20.7 Å². The number of nitrogens with zero attached hydrogens (tertiary/aromatic N) is 1. The van der Waals surface area contributed by atoms with Crippen LogP contribution < -0.4 is 0 Å². The average molecular weight is 297 g/mol. The molecule has 0 spiro atoms. The summed E-state index contributed by atoms with van der Waals surface area (Å²) in [5.74, 6) is 0.762. The number of H-pyrrole nitrogens is 1. The number of halogens is 1. The monoisotopic (exact) mass is 296 g/mol. The Morgan fingerprint density at radius 1 is 1.26 bits per heavy atom. The number of rotatable bonds is 5. The number of hydrogen-bond acceptors (Lipinski definition) is 1. The predicted molar refractivity (Wildman–Crippen MR) is 85.5 cm³/mol. The molecule has 0 fully saturated rings. The van der Waals surface area contributed by atoms with Gasteiger partial charge in [0, 0.05) is 11.1 Å². The Balaban J connectivity index is 2.25. The largest absolute Gasteiger partial charge is 0.331 e. The summed E-state index contributed by atoms with van der Waals surface area (Å²) in [6, 6.07) is 6.27. The van der Waals surface area contributed by atoms with Crippen molar-refractivity contribution in [1.29, 1.82) is 0 Å². The number of aromatic amines is 1. The second-order valence-corrected chi connectivity index (χ2v) is 6.46. The van der Waals surface area contributed by atoms with E-state index in [-0.39, 0.29) is 0 Å². The molecule has 2 aromatic rings. The molecule has 0 amide bonds. The van der Waals surface area contributed by atoms with Crippen LogP contribution in [0.25, 0.3) is 11.0 Å². The third-order valence-corrected chi connectivity index (χ3v) is 4.06. The summed E-state index contributed by atoms with van der Waals surface area (Å²) in [7, 11) is 0. The molecule has 0 aliphatic carbocycles. The SMILES string of the molecule is CC(C)CCCC(C)n1c(=S)[nH]c2ccc(Cl)cc21. The highest BCUT2D eigenvalue weighted by Crippen LogP contribution is 2.25. The Labute approximate surface area is 124 Å². The molecule has 2 rings (SSSR count). The van der Waals surface area contributed by atoms with E-state index in [1.165, 1.54) is 12.8 Å². The molecule has 1 heterocycles. The van der Waals surface area contributed by atoms with Crippen molar-refractivity contribution < 1.29 is 0 Å². The van der Waals surface area contributed by atoms with Gasteiger partial charge in [0.1, 0.15) is 0 Å². The van der Waals surface area contributed by atoms with Gasteiger partial charge in [-0.1, -0.05) is 38.3 Å². The van der Waals surface area contributed by atoms with Crippen LogP contribution in [0.4, 0.5) is 0 Å². The summed E-state index contributed by atoms with van der Waals surface area (Å²) in [4.78, 5) is 3.25. The van der Waals surface area contributed by atoms with E-state index in [0.29, 0.717) is 6.04 Å². The van der Waals surface area contributed by atoms with Crippen LogP contribution in [0.5, 0.6) is 0 Å². The van der Waals surface area contributed by atoms with Gasteiger partial charge in [-0.2, -0.15) is 0 Å². The zero-order chi connectivity index (χ0) is 14.0. The molecular weight excluding hydrogens is 276 g/mol. The second kappa shape index (κ2) is 6.10. The lowest BCUT2D eigenvalue weighted by Gasteiger charge is -2.15. The van der Waals surface area contributed by atoms with Crippen molar-refractivity contribution in [3.63, 3.8) is 0 Å². The fraction of sp³-hybridized carbons (Fsp3) is 0.533. The van der Waals surface area contributed by atoms with Crippen LogP contribution in [-0.2, 0) is 0 Å². The number of nitrogens with one attached hydrogen (secondary N) is 1. The third-order valence-electron chi connectivity index (χ3n) is 3.52. The van der Waals surface area contributed by atoms with Crippen molar-refractivity contribution in [3.05, 3.63) is 28.0 Å². The maximum Gasteiger partial charge on any atom is 0.178 e. The van der Waals surface area contributed by atoms with Crippen LogP contribution >= 0.6 is 23.8 Å². The highest BCUT2D eigenvalue weighted by Gasteiger charge is 2.11. The van der Waals surface area contributed by atoms with Gasteiger partial charge in [-0.15, -0.1) is 0 Å². The van der Waals surface area contributed by atoms with Crippen molar-refractivity contribution >= 4 is 34.9 Å². The standard InChI is InChI=1S/C15H21ClN2S/c1-10(2)5-4-6-11(3)18-14-9-12(16)7-8-13(14)17-15(18)19/h7-11H,4-6H2,1-3H3,(H,17,19). The Kier molecular flexibility index (Phi) is 4.69. The lowest BCUT2D eigenvalue weighted by Crippen LogP contribution is -2.05. The van der Waals surface area contributed by atoms with Gasteiger partial charge in [-0.25, -0.2) is 0 Å². The van der Waals surface area contributed by atoms with Crippen molar-refractivity contribution in [2.45, 2.75) is 46.1 Å². The summed E-state index contributed by atoms with van der Waals surface area (Å²) >= 11 is 11.5. The van der Waals surface area contributed by atoms with Gasteiger partial charge in [0.25, 0.3) is 0 Å². The maximum atomic E-state index is 6.09. The van der Waals surface area contributed by atoms with Gasteiger partial charge in [-0.3, -0.25) is 0 Å². The first-order valence-corrected chi connectivity index (χ1v) is 7.67. The molecule has 1 aromatic carbocycles. The first kappa shape index (κ1) is 14.6. The number of imidazole rings is 1. The molecule has 1 aromatic heterocycles. The maximum absolute atomic E-state index is 6.09. The van der Waals surface area contributed by atoms with Crippen molar-refractivity contribution in [2.24, 2.45) is 5.92 Å². The molecule has 4 heteroatoms. The van der Waals surface area contributed by atoms with E-state index in [1.807, 2.05) is 18.2 Å². The molecule has 0 saturated carbocycles. The number of benzene rings is 1. The van der Waals surface area contributed by atoms with Crippen molar-refractivity contribution in [1.82, 2.24) is 9.55 Å². The van der Waals surface area contributed by atoms with E-state index < -0.39 is 0 Å². The normalized spacial score (nSPS) is 13.3. The molecule has 0 aliphatic rings. The van der Waals surface area contributed by atoms with Crippen LogP contribution in [0.1, 0.15) is 46.1 Å². The molecule has 19 heavy (non-hydrogen) atoms. The van der Waals surface area contributed by atoms with Crippen LogP contribution in [0.15, 0.2) is 18.2 Å². The predicted octanol–water partition coefficient (Wildman–Crippen LogP) is 5.74. The summed E-state index contributed by atoms with van der Waals surface area (Å²) in [6.07, 6.45) is 3.64. The van der Waals surface area contributed by atoms with Crippen molar-refractivity contribution in [3.8, 4) is 0 Å². The van der Waals surface area contributed by atoms with E-state index in [9.17, 15) is 0 Å². The van der Waals surface area contributed by atoms with Gasteiger partial charge < -0.3 is 9.55 Å². The summed E-state index contributed by atoms with van der Waals surface area (Å²) in [6.45, 7) is 6.76. The molecule has 1 unspecified atom stereocenters. The highest BCUT2D eigenvalue weighted by atomic mass is 35.5. The molecule has 104 valence electrons. The Bertz CT molecular complexity index is 612. The van der Waals surface area contributed by atoms with E-state index >= 15 is 0 Å². The van der Waals surface area contributed by atoms with Gasteiger partial charge in [0.15, 0.2) is 4.77 Å². The van der Waals surface area contributed by atoms with Crippen LogP contribution in [0.3, 0.4) is 0 Å². The summed E-state index contributed by atoms with van der Waals surface area (Å²) in [5.41, 5.74) is 2.17. The zero-order valence-electron chi connectivity index (χ0n) is 11.7. The van der Waals surface area contributed by atoms with E-state index in [1.54, 1.807) is 0 Å². The highest BCUT2D eigenvalue weighted by molar-refractivity contribution is 7.71. The minimum absolute atomic E-state index is 0.401. The van der Waals surface area contributed by atoms with Crippen LogP contribution in [0.2, 0.25) is 5.02 Å². The fourth-order valence-corrected chi connectivity index (χ4v) is 3.04. The lowest BCUT2D eigenvalue weighted by molar-refractivity contribution is 0.451. The van der Waals surface area contributed by atoms with E-state index in [0.717, 1.165) is 33.2 Å². The lowest BCUT2D eigenvalue weighted by atomic mass is 10.0. The quantitative estimate of drug-likeness (QED) is 0.698. The molecule has 0 aliphatic heterocycles. The van der Waals surface area contributed by atoms with E-state index in [4.69, 9.17) is 23.8 Å². The van der Waals surface area contributed by atoms with Crippen LogP contribution in [-0.4, -0.2) is 9.55 Å². The number of aromatic nitrogens is 2. The molecule has 0 radical (unpaired) electrons. The summed E-state index contributed by atoms with van der Waals surface area (Å²) in [5, 5.41) is 0.754. The van der Waals surface area contributed by atoms with Gasteiger partial charge >= 0.3 is 0 Å². The summed E-state index contributed by atoms with van der Waals surface area (Å²) < 4.78 is 2.98. The van der Waals surface area contributed by atoms with Crippen molar-refractivity contribution in [2.75, 3.05) is 0 Å². The molecule has 2 nitrogen and oxygen atoms in total. The van der Waals surface area contributed by atoms with Gasteiger partial charge in [0.2, 0.25) is 0 Å². The molecule has 0 saturated heterocycles. The van der Waals surface area contributed by atoms with E-state index in [2.05, 4.69) is 30.3 Å². The molecule has 1 N–H and O–H groups in total. The smallest absolute Gasteiger partial charge is 0.178 e. The Morgan fingerprint density at radius 2 is 2.00 bits per heavy atom. The average Bonchev–Trinajstić information content (AvgIpc) is 2.63. The van der Waals surface area contributed by atoms with Crippen LogP contribution in [0, 0.1) is 10.7 Å². The zero-order valence-corrected chi connectivity index (χ0v) is 13.3. The molecule has 1 atom stereocenters. The van der Waals surface area contributed by atoms with Gasteiger partial charge in [0.05, 0.1) is 11.0 Å². The molecule has 0 bridgehead atoms. The Hall–Kier alpha value is -0.800. The fourth-order valence-electron chi connectivity index (χ4n) is 2.48. The first-order valence-electron chi connectivity index (χ1n) is 6.89. The number of fused-ring (bicyclic) bond motifs is 1. The molecular formula is C15H21ClN2S. The Morgan fingerprint density at radius 3 is 2.68 bits per heavy atom. The minimum Gasteiger partial charge on any atom is -0.331 e. The van der Waals surface area contributed by atoms with Gasteiger partial charge in [-0.05, 0) is 49.7 Å². The minimum atomic E-state index is 0.401. The third kappa shape index (κ3) is 3.40. The second-order valence-electron chi connectivity index (χ2n) is 5.64.